The van der Waals surface area contributed by atoms with Crippen LogP contribution in [0.5, 0.6) is 0 Å². The van der Waals surface area contributed by atoms with Gasteiger partial charge in [-0.3, -0.25) is 9.59 Å². The lowest BCUT2D eigenvalue weighted by molar-refractivity contribution is -0.137. The van der Waals surface area contributed by atoms with E-state index < -0.39 is 5.97 Å². The van der Waals surface area contributed by atoms with E-state index in [9.17, 15) is 9.59 Å². The van der Waals surface area contributed by atoms with Gasteiger partial charge in [0.05, 0.1) is 5.75 Å². The summed E-state index contributed by atoms with van der Waals surface area (Å²) in [6, 6.07) is 3.50. The zero-order valence-corrected chi connectivity index (χ0v) is 13.4. The Labute approximate surface area is 129 Å². The summed E-state index contributed by atoms with van der Waals surface area (Å²) in [5.41, 5.74) is 0. The van der Waals surface area contributed by atoms with Crippen molar-refractivity contribution in [2.24, 2.45) is 5.92 Å². The van der Waals surface area contributed by atoms with E-state index in [1.165, 1.54) is 0 Å². The minimum absolute atomic E-state index is 0.183. The first-order valence-corrected chi connectivity index (χ1v) is 8.53. The van der Waals surface area contributed by atoms with E-state index in [4.69, 9.17) is 9.52 Å². The molecule has 0 radical (unpaired) electrons. The molecule has 1 atom stereocenters. The van der Waals surface area contributed by atoms with Crippen LogP contribution in [-0.4, -0.2) is 29.8 Å². The Hall–Kier alpha value is -1.43. The molecular weight excluding hydrogens is 290 g/mol. The van der Waals surface area contributed by atoms with E-state index in [1.54, 1.807) is 17.8 Å². The predicted molar refractivity (Wildman–Crippen MR) is 83.5 cm³/mol. The van der Waals surface area contributed by atoms with Gasteiger partial charge >= 0.3 is 5.97 Å². The number of carbonyl (C=O) groups is 2. The topological polar surface area (TPSA) is 79.5 Å². The van der Waals surface area contributed by atoms with Crippen LogP contribution in [-0.2, 0) is 10.5 Å². The number of thioether (sulfide) groups is 1. The first-order valence-electron chi connectivity index (χ1n) is 7.14. The number of rotatable bonds is 10. The Bertz CT molecular complexity index is 458. The largest absolute Gasteiger partial charge is 0.481 e. The van der Waals surface area contributed by atoms with Gasteiger partial charge < -0.3 is 14.8 Å². The fraction of sp³-hybridized carbons (Fsp3) is 0.600. The molecule has 6 heteroatoms. The van der Waals surface area contributed by atoms with Crippen LogP contribution in [0.4, 0.5) is 0 Å². The van der Waals surface area contributed by atoms with Crippen LogP contribution in [0.1, 0.15) is 48.9 Å². The highest BCUT2D eigenvalue weighted by Crippen LogP contribution is 2.15. The summed E-state index contributed by atoms with van der Waals surface area (Å²) in [4.78, 5) is 22.5. The van der Waals surface area contributed by atoms with Crippen LogP contribution >= 0.6 is 11.8 Å². The molecule has 1 heterocycles. The molecule has 0 spiro atoms. The SMILES string of the molecule is CCC(CCNC(=O)c1ccc(CSC)o1)CCC(=O)O. The van der Waals surface area contributed by atoms with E-state index in [0.717, 1.165) is 24.4 Å². The van der Waals surface area contributed by atoms with Gasteiger partial charge in [-0.25, -0.2) is 0 Å². The molecule has 1 amide bonds. The van der Waals surface area contributed by atoms with Crippen molar-refractivity contribution in [2.75, 3.05) is 12.8 Å². The summed E-state index contributed by atoms with van der Waals surface area (Å²) in [6.07, 6.45) is 4.52. The minimum atomic E-state index is -0.769. The van der Waals surface area contributed by atoms with Crippen molar-refractivity contribution in [3.63, 3.8) is 0 Å². The lowest BCUT2D eigenvalue weighted by atomic mass is 9.97. The Kier molecular flexibility index (Phi) is 7.97. The van der Waals surface area contributed by atoms with Crippen molar-refractivity contribution < 1.29 is 19.1 Å². The third-order valence-corrected chi connectivity index (χ3v) is 3.93. The molecule has 2 N–H and O–H groups in total. The highest BCUT2D eigenvalue weighted by molar-refractivity contribution is 7.97. The van der Waals surface area contributed by atoms with Crippen molar-refractivity contribution in [2.45, 2.75) is 38.4 Å². The molecule has 1 aromatic rings. The molecular formula is C15H23NO4S. The van der Waals surface area contributed by atoms with Gasteiger partial charge in [0, 0.05) is 13.0 Å². The Morgan fingerprint density at radius 3 is 2.76 bits per heavy atom. The molecule has 1 unspecified atom stereocenters. The fourth-order valence-electron chi connectivity index (χ4n) is 2.08. The van der Waals surface area contributed by atoms with Gasteiger partial charge in [0.1, 0.15) is 5.76 Å². The second-order valence-corrected chi connectivity index (χ2v) is 5.82. The molecule has 0 aliphatic rings. The second-order valence-electron chi connectivity index (χ2n) is 4.95. The summed E-state index contributed by atoms with van der Waals surface area (Å²) in [5.74, 6) is 1.22. The van der Waals surface area contributed by atoms with Crippen LogP contribution in [0.15, 0.2) is 16.5 Å². The maximum atomic E-state index is 11.9. The molecule has 118 valence electrons. The summed E-state index contributed by atoms with van der Waals surface area (Å²) >= 11 is 1.64. The average Bonchev–Trinajstić information content (AvgIpc) is 2.91. The van der Waals surface area contributed by atoms with Crippen LogP contribution in [0.2, 0.25) is 0 Å². The molecule has 0 saturated heterocycles. The molecule has 0 saturated carbocycles. The third kappa shape index (κ3) is 6.71. The van der Waals surface area contributed by atoms with Gasteiger partial charge in [0.15, 0.2) is 5.76 Å². The van der Waals surface area contributed by atoms with Crippen LogP contribution < -0.4 is 5.32 Å². The molecule has 0 aliphatic carbocycles. The monoisotopic (exact) mass is 313 g/mol. The van der Waals surface area contributed by atoms with E-state index >= 15 is 0 Å². The molecule has 0 aromatic carbocycles. The molecule has 5 nitrogen and oxygen atoms in total. The lowest BCUT2D eigenvalue weighted by Gasteiger charge is -2.13. The van der Waals surface area contributed by atoms with Crippen LogP contribution in [0.3, 0.4) is 0 Å². The highest BCUT2D eigenvalue weighted by atomic mass is 32.2. The number of hydrogen-bond acceptors (Lipinski definition) is 4. The van der Waals surface area contributed by atoms with Crippen molar-refractivity contribution in [3.8, 4) is 0 Å². The Balaban J connectivity index is 2.32. The number of carbonyl (C=O) groups excluding carboxylic acids is 1. The summed E-state index contributed by atoms with van der Waals surface area (Å²) in [5, 5.41) is 11.5. The van der Waals surface area contributed by atoms with Gasteiger partial charge in [-0.1, -0.05) is 13.3 Å². The highest BCUT2D eigenvalue weighted by Gasteiger charge is 2.13. The standard InChI is InChI=1S/C15H23NO4S/c1-3-11(4-7-14(17)18)8-9-16-15(19)13-6-5-12(20-13)10-21-2/h5-6,11H,3-4,7-10H2,1-2H3,(H,16,19)(H,17,18). The summed E-state index contributed by atoms with van der Waals surface area (Å²) < 4.78 is 5.44. The van der Waals surface area contributed by atoms with Gasteiger partial charge in [-0.05, 0) is 37.1 Å². The van der Waals surface area contributed by atoms with E-state index in [-0.39, 0.29) is 12.3 Å². The maximum absolute atomic E-state index is 11.9. The van der Waals surface area contributed by atoms with Crippen molar-refractivity contribution in [3.05, 3.63) is 23.7 Å². The number of aliphatic carboxylic acids is 1. The minimum Gasteiger partial charge on any atom is -0.481 e. The van der Waals surface area contributed by atoms with Gasteiger partial charge in [-0.15, -0.1) is 0 Å². The van der Waals surface area contributed by atoms with Gasteiger partial charge in [0.2, 0.25) is 0 Å². The molecule has 1 aromatic heterocycles. The quantitative estimate of drug-likeness (QED) is 0.693. The number of nitrogens with one attached hydrogen (secondary N) is 1. The second kappa shape index (κ2) is 9.50. The fourth-order valence-corrected chi connectivity index (χ4v) is 2.52. The van der Waals surface area contributed by atoms with Crippen LogP contribution in [0, 0.1) is 5.92 Å². The molecule has 0 bridgehead atoms. The predicted octanol–water partition coefficient (Wildman–Crippen LogP) is 3.15. The first-order chi connectivity index (χ1) is 10.1. The zero-order chi connectivity index (χ0) is 15.7. The number of furan rings is 1. The Morgan fingerprint density at radius 2 is 2.14 bits per heavy atom. The van der Waals surface area contributed by atoms with Gasteiger partial charge in [0.25, 0.3) is 5.91 Å². The average molecular weight is 313 g/mol. The number of carboxylic acid groups (broad SMARTS) is 1. The third-order valence-electron chi connectivity index (χ3n) is 3.35. The van der Waals surface area contributed by atoms with Crippen molar-refractivity contribution in [1.82, 2.24) is 5.32 Å². The molecule has 0 aliphatic heterocycles. The van der Waals surface area contributed by atoms with E-state index in [1.807, 2.05) is 19.2 Å². The Morgan fingerprint density at radius 1 is 1.38 bits per heavy atom. The van der Waals surface area contributed by atoms with Crippen LogP contribution in [0.25, 0.3) is 0 Å². The first kappa shape index (κ1) is 17.6. The van der Waals surface area contributed by atoms with Crippen molar-refractivity contribution in [1.29, 1.82) is 0 Å². The number of carboxylic acids is 1. The summed E-state index contributed by atoms with van der Waals surface area (Å²) in [7, 11) is 0. The number of hydrogen-bond donors (Lipinski definition) is 2. The lowest BCUT2D eigenvalue weighted by Crippen LogP contribution is -2.25. The summed E-state index contributed by atoms with van der Waals surface area (Å²) in [6.45, 7) is 2.57. The molecule has 1 rings (SSSR count). The number of amides is 1. The zero-order valence-electron chi connectivity index (χ0n) is 12.6. The van der Waals surface area contributed by atoms with Gasteiger partial charge in [-0.2, -0.15) is 11.8 Å². The van der Waals surface area contributed by atoms with Crippen molar-refractivity contribution >= 4 is 23.6 Å². The van der Waals surface area contributed by atoms with E-state index in [0.29, 0.717) is 24.6 Å². The smallest absolute Gasteiger partial charge is 0.303 e. The normalized spacial score (nSPS) is 12.1. The molecule has 0 fully saturated rings. The maximum Gasteiger partial charge on any atom is 0.303 e. The van der Waals surface area contributed by atoms with E-state index in [2.05, 4.69) is 5.32 Å². The molecule has 21 heavy (non-hydrogen) atoms.